The lowest BCUT2D eigenvalue weighted by atomic mass is 9.99. The Morgan fingerprint density at radius 3 is 2.44 bits per heavy atom. The number of nitrogens with one attached hydrogen (secondary N) is 2. The number of hydrogen-bond donors (Lipinski definition) is 2. The van der Waals surface area contributed by atoms with Crippen molar-refractivity contribution in [1.82, 2.24) is 25.7 Å². The Hall–Kier alpha value is -3.54. The largest absolute Gasteiger partial charge is 0.341 e. The molecule has 0 aliphatic heterocycles. The van der Waals surface area contributed by atoms with Gasteiger partial charge >= 0.3 is 0 Å². The third kappa shape index (κ3) is 2.97. The molecule has 0 bridgehead atoms. The monoisotopic (exact) mass is 329 g/mol. The molecular formula is C19H15N5O. The number of benzene rings is 2. The van der Waals surface area contributed by atoms with Crippen LogP contribution in [0, 0.1) is 0 Å². The molecule has 1 atom stereocenters. The summed E-state index contributed by atoms with van der Waals surface area (Å²) in [6.07, 6.45) is 3.44. The molecule has 0 radical (unpaired) electrons. The average Bonchev–Trinajstić information content (AvgIpc) is 3.16. The summed E-state index contributed by atoms with van der Waals surface area (Å²) in [6, 6.07) is 18.7. The van der Waals surface area contributed by atoms with Gasteiger partial charge in [0.15, 0.2) is 0 Å². The summed E-state index contributed by atoms with van der Waals surface area (Å²) in [4.78, 5) is 17.0. The second-order valence-electron chi connectivity index (χ2n) is 5.59. The predicted molar refractivity (Wildman–Crippen MR) is 93.9 cm³/mol. The molecule has 0 spiro atoms. The molecule has 1 amide bonds. The Bertz CT molecular complexity index is 958. The zero-order chi connectivity index (χ0) is 17.1. The van der Waals surface area contributed by atoms with Crippen LogP contribution < -0.4 is 5.32 Å². The molecule has 2 N–H and O–H groups in total. The number of fused-ring (bicyclic) bond motifs is 1. The molecule has 0 unspecified atom stereocenters. The summed E-state index contributed by atoms with van der Waals surface area (Å²) in [5.41, 5.74) is 3.66. The average molecular weight is 329 g/mol. The predicted octanol–water partition coefficient (Wildman–Crippen LogP) is 2.87. The Labute approximate surface area is 143 Å². The van der Waals surface area contributed by atoms with Gasteiger partial charge in [0, 0.05) is 12.4 Å². The van der Waals surface area contributed by atoms with Gasteiger partial charge in [0.25, 0.3) is 5.91 Å². The maximum atomic E-state index is 12.9. The van der Waals surface area contributed by atoms with Gasteiger partial charge in [-0.1, -0.05) is 36.4 Å². The van der Waals surface area contributed by atoms with Crippen molar-refractivity contribution in [1.29, 1.82) is 0 Å². The van der Waals surface area contributed by atoms with E-state index in [1.807, 2.05) is 48.5 Å². The number of hydrogen-bond acceptors (Lipinski definition) is 4. The van der Waals surface area contributed by atoms with Crippen LogP contribution in [0.1, 0.15) is 27.5 Å². The number of amides is 1. The van der Waals surface area contributed by atoms with E-state index in [2.05, 4.69) is 25.7 Å². The van der Waals surface area contributed by atoms with E-state index in [4.69, 9.17) is 0 Å². The lowest BCUT2D eigenvalue weighted by Gasteiger charge is -2.19. The third-order valence-electron chi connectivity index (χ3n) is 4.04. The number of nitrogens with zero attached hydrogens (tertiary/aromatic N) is 3. The van der Waals surface area contributed by atoms with Crippen molar-refractivity contribution in [2.45, 2.75) is 6.04 Å². The minimum Gasteiger partial charge on any atom is -0.341 e. The Kier molecular flexibility index (Phi) is 3.92. The van der Waals surface area contributed by atoms with Crippen molar-refractivity contribution in [2.24, 2.45) is 0 Å². The lowest BCUT2D eigenvalue weighted by molar-refractivity contribution is 0.0944. The highest BCUT2D eigenvalue weighted by molar-refractivity contribution is 6.04. The minimum atomic E-state index is -0.279. The van der Waals surface area contributed by atoms with Crippen LogP contribution in [0.2, 0.25) is 0 Å². The maximum Gasteiger partial charge on any atom is 0.254 e. The van der Waals surface area contributed by atoms with Crippen molar-refractivity contribution in [2.75, 3.05) is 0 Å². The first-order valence-corrected chi connectivity index (χ1v) is 7.88. The number of aromatic nitrogens is 4. The Morgan fingerprint density at radius 1 is 0.880 bits per heavy atom. The number of pyridine rings is 1. The Balaban J connectivity index is 1.72. The van der Waals surface area contributed by atoms with E-state index in [1.54, 1.807) is 24.5 Å². The van der Waals surface area contributed by atoms with Crippen LogP contribution in [0.4, 0.5) is 0 Å². The fraction of sp³-hybridized carbons (Fsp3) is 0.0526. The molecule has 122 valence electrons. The summed E-state index contributed by atoms with van der Waals surface area (Å²) in [7, 11) is 0. The van der Waals surface area contributed by atoms with Crippen LogP contribution >= 0.6 is 0 Å². The number of H-pyrrole nitrogens is 1. The van der Waals surface area contributed by atoms with Crippen LogP contribution in [0.15, 0.2) is 73.1 Å². The van der Waals surface area contributed by atoms with Gasteiger partial charge in [0.1, 0.15) is 11.0 Å². The highest BCUT2D eigenvalue weighted by atomic mass is 16.1. The van der Waals surface area contributed by atoms with E-state index >= 15 is 0 Å². The number of para-hydroxylation sites is 1. The molecule has 0 saturated heterocycles. The fourth-order valence-corrected chi connectivity index (χ4v) is 2.82. The summed E-state index contributed by atoms with van der Waals surface area (Å²) in [5.74, 6) is -0.204. The number of aromatic amines is 1. The summed E-state index contributed by atoms with van der Waals surface area (Å²) >= 11 is 0. The van der Waals surface area contributed by atoms with Crippen molar-refractivity contribution >= 4 is 16.9 Å². The first kappa shape index (κ1) is 15.0. The molecule has 25 heavy (non-hydrogen) atoms. The maximum absolute atomic E-state index is 12.9. The third-order valence-corrected chi connectivity index (χ3v) is 4.04. The molecule has 4 aromatic rings. The fourth-order valence-electron chi connectivity index (χ4n) is 2.82. The highest BCUT2D eigenvalue weighted by Crippen LogP contribution is 2.23. The van der Waals surface area contributed by atoms with E-state index in [0.29, 0.717) is 16.6 Å². The molecule has 0 aliphatic carbocycles. The molecule has 0 saturated carbocycles. The van der Waals surface area contributed by atoms with Crippen molar-refractivity contribution in [3.05, 3.63) is 89.7 Å². The molecule has 4 rings (SSSR count). The molecule has 6 nitrogen and oxygen atoms in total. The van der Waals surface area contributed by atoms with Gasteiger partial charge in [-0.3, -0.25) is 9.78 Å². The van der Waals surface area contributed by atoms with E-state index < -0.39 is 0 Å². The second kappa shape index (κ2) is 6.52. The number of rotatable bonds is 4. The summed E-state index contributed by atoms with van der Waals surface area (Å²) in [6.45, 7) is 0. The molecule has 6 heteroatoms. The van der Waals surface area contributed by atoms with Crippen molar-refractivity contribution in [3.63, 3.8) is 0 Å². The van der Waals surface area contributed by atoms with E-state index in [1.165, 1.54) is 0 Å². The standard InChI is InChI=1S/C19H15N5O/c25-19(15-7-4-8-16-18(15)23-24-22-16)21-17(13-5-2-1-3-6-13)14-9-11-20-12-10-14/h1-12,17H,(H,21,25)(H,22,23,24)/t17-/m1/s1. The highest BCUT2D eigenvalue weighted by Gasteiger charge is 2.20. The van der Waals surface area contributed by atoms with Crippen LogP contribution in [0.3, 0.4) is 0 Å². The van der Waals surface area contributed by atoms with Crippen LogP contribution in [0.5, 0.6) is 0 Å². The zero-order valence-corrected chi connectivity index (χ0v) is 13.3. The van der Waals surface area contributed by atoms with Gasteiger partial charge in [-0.15, -0.1) is 0 Å². The first-order chi connectivity index (χ1) is 12.3. The number of carbonyl (C=O) groups excluding carboxylic acids is 1. The van der Waals surface area contributed by atoms with E-state index in [-0.39, 0.29) is 11.9 Å². The van der Waals surface area contributed by atoms with Crippen LogP contribution in [0.25, 0.3) is 11.0 Å². The molecule has 0 fully saturated rings. The van der Waals surface area contributed by atoms with Crippen LogP contribution in [-0.4, -0.2) is 26.3 Å². The van der Waals surface area contributed by atoms with Crippen molar-refractivity contribution in [3.8, 4) is 0 Å². The van der Waals surface area contributed by atoms with Gasteiger partial charge in [-0.2, -0.15) is 15.4 Å². The van der Waals surface area contributed by atoms with Gasteiger partial charge in [-0.25, -0.2) is 0 Å². The van der Waals surface area contributed by atoms with Gasteiger partial charge in [-0.05, 0) is 35.4 Å². The normalized spacial score (nSPS) is 12.0. The minimum absolute atomic E-state index is 0.204. The molecule has 2 aromatic heterocycles. The smallest absolute Gasteiger partial charge is 0.254 e. The molecule has 2 heterocycles. The van der Waals surface area contributed by atoms with Crippen molar-refractivity contribution < 1.29 is 4.79 Å². The van der Waals surface area contributed by atoms with Gasteiger partial charge < -0.3 is 5.32 Å². The summed E-state index contributed by atoms with van der Waals surface area (Å²) < 4.78 is 0. The molecule has 0 aliphatic rings. The SMILES string of the molecule is O=C(N[C@H](c1ccccc1)c1ccncc1)c1cccc2n[nH]nc12. The molecular weight excluding hydrogens is 314 g/mol. The lowest BCUT2D eigenvalue weighted by Crippen LogP contribution is -2.29. The van der Waals surface area contributed by atoms with E-state index in [9.17, 15) is 4.79 Å². The molecule has 2 aromatic carbocycles. The topological polar surface area (TPSA) is 83.6 Å². The van der Waals surface area contributed by atoms with Gasteiger partial charge in [0.05, 0.1) is 11.6 Å². The quantitative estimate of drug-likeness (QED) is 0.603. The number of carbonyl (C=O) groups is 1. The first-order valence-electron chi connectivity index (χ1n) is 7.88. The van der Waals surface area contributed by atoms with Gasteiger partial charge in [0.2, 0.25) is 0 Å². The Morgan fingerprint density at radius 2 is 1.64 bits per heavy atom. The van der Waals surface area contributed by atoms with Crippen LogP contribution in [-0.2, 0) is 0 Å². The van der Waals surface area contributed by atoms with E-state index in [0.717, 1.165) is 11.1 Å². The zero-order valence-electron chi connectivity index (χ0n) is 13.3. The second-order valence-corrected chi connectivity index (χ2v) is 5.59. The summed E-state index contributed by atoms with van der Waals surface area (Å²) in [5, 5.41) is 13.8.